The maximum Gasteiger partial charge on any atom is 0.255 e. The largest absolute Gasteiger partial charge is 0.378 e. The van der Waals surface area contributed by atoms with E-state index in [0.717, 1.165) is 24.1 Å². The maximum absolute atomic E-state index is 12.7. The summed E-state index contributed by atoms with van der Waals surface area (Å²) in [6, 6.07) is 20.6. The third-order valence-corrected chi connectivity index (χ3v) is 5.12. The molecular weight excluding hydrogens is 386 g/mol. The van der Waals surface area contributed by atoms with Crippen molar-refractivity contribution in [3.8, 4) is 0 Å². The van der Waals surface area contributed by atoms with Crippen molar-refractivity contribution in [3.63, 3.8) is 0 Å². The molecule has 0 aliphatic heterocycles. The predicted octanol–water partition coefficient (Wildman–Crippen LogP) is 5.52. The quantitative estimate of drug-likeness (QED) is 0.534. The smallest absolute Gasteiger partial charge is 0.255 e. The van der Waals surface area contributed by atoms with Gasteiger partial charge in [-0.2, -0.15) is 0 Å². The van der Waals surface area contributed by atoms with Gasteiger partial charge in [-0.05, 0) is 66.9 Å². The van der Waals surface area contributed by atoms with Gasteiger partial charge in [-0.3, -0.25) is 9.59 Å². The van der Waals surface area contributed by atoms with Crippen LogP contribution >= 0.6 is 0 Å². The lowest BCUT2D eigenvalue weighted by molar-refractivity contribution is 0.101. The van der Waals surface area contributed by atoms with Crippen LogP contribution < -0.4 is 15.5 Å². The SMILES string of the molecule is CCCc1ccc(C(=O)Nc2cc(NC(=O)c3cccc(N(C)C)c3)ccc2C)cc1. The fraction of sp³-hybridized carbons (Fsp3) is 0.231. The molecule has 0 spiro atoms. The highest BCUT2D eigenvalue weighted by Gasteiger charge is 2.11. The van der Waals surface area contributed by atoms with Crippen LogP contribution in [0.4, 0.5) is 17.1 Å². The van der Waals surface area contributed by atoms with E-state index in [1.807, 2.05) is 80.5 Å². The second-order valence-electron chi connectivity index (χ2n) is 7.83. The molecule has 3 aromatic carbocycles. The topological polar surface area (TPSA) is 61.4 Å². The Labute approximate surface area is 184 Å². The lowest BCUT2D eigenvalue weighted by Crippen LogP contribution is -2.15. The van der Waals surface area contributed by atoms with E-state index in [0.29, 0.717) is 22.5 Å². The van der Waals surface area contributed by atoms with Crippen molar-refractivity contribution in [3.05, 3.63) is 89.0 Å². The van der Waals surface area contributed by atoms with Crippen molar-refractivity contribution in [2.24, 2.45) is 0 Å². The average molecular weight is 416 g/mol. The van der Waals surface area contributed by atoms with E-state index < -0.39 is 0 Å². The molecule has 0 saturated heterocycles. The molecule has 0 aromatic heterocycles. The Bertz CT molecular complexity index is 1070. The second-order valence-corrected chi connectivity index (χ2v) is 7.83. The van der Waals surface area contributed by atoms with Crippen LogP contribution in [0.1, 0.15) is 45.2 Å². The van der Waals surface area contributed by atoms with E-state index in [2.05, 4.69) is 17.6 Å². The molecule has 0 atom stereocenters. The van der Waals surface area contributed by atoms with Gasteiger partial charge in [0.15, 0.2) is 0 Å². The number of carbonyl (C=O) groups excluding carboxylic acids is 2. The molecule has 0 aliphatic carbocycles. The van der Waals surface area contributed by atoms with Crippen molar-refractivity contribution in [1.29, 1.82) is 0 Å². The molecule has 0 radical (unpaired) electrons. The number of anilines is 3. The van der Waals surface area contributed by atoms with E-state index in [1.165, 1.54) is 5.56 Å². The molecule has 2 N–H and O–H groups in total. The maximum atomic E-state index is 12.7. The Hall–Kier alpha value is -3.60. The lowest BCUT2D eigenvalue weighted by atomic mass is 10.1. The van der Waals surface area contributed by atoms with Crippen LogP contribution in [0.15, 0.2) is 66.7 Å². The van der Waals surface area contributed by atoms with Crippen LogP contribution in [0, 0.1) is 6.92 Å². The summed E-state index contributed by atoms with van der Waals surface area (Å²) in [6.45, 7) is 4.06. The number of hydrogen-bond acceptors (Lipinski definition) is 3. The highest BCUT2D eigenvalue weighted by molar-refractivity contribution is 6.07. The molecule has 0 bridgehead atoms. The highest BCUT2D eigenvalue weighted by Crippen LogP contribution is 2.22. The monoisotopic (exact) mass is 415 g/mol. The number of amides is 2. The van der Waals surface area contributed by atoms with Gasteiger partial charge in [0.2, 0.25) is 0 Å². The number of nitrogens with one attached hydrogen (secondary N) is 2. The molecule has 160 valence electrons. The van der Waals surface area contributed by atoms with Crippen molar-refractivity contribution >= 4 is 28.9 Å². The molecule has 5 nitrogen and oxygen atoms in total. The molecule has 0 saturated carbocycles. The molecule has 0 heterocycles. The minimum Gasteiger partial charge on any atom is -0.378 e. The van der Waals surface area contributed by atoms with Crippen molar-refractivity contribution in [2.75, 3.05) is 29.6 Å². The summed E-state index contributed by atoms with van der Waals surface area (Å²) < 4.78 is 0. The number of hydrogen-bond donors (Lipinski definition) is 2. The van der Waals surface area contributed by atoms with Crippen molar-refractivity contribution in [2.45, 2.75) is 26.7 Å². The molecule has 3 aromatic rings. The van der Waals surface area contributed by atoms with Crippen LogP contribution in [0.2, 0.25) is 0 Å². The number of benzene rings is 3. The van der Waals surface area contributed by atoms with Crippen LogP contribution in [-0.4, -0.2) is 25.9 Å². The van der Waals surface area contributed by atoms with Crippen LogP contribution in [0.25, 0.3) is 0 Å². The van der Waals surface area contributed by atoms with Gasteiger partial charge in [-0.15, -0.1) is 0 Å². The Kier molecular flexibility index (Phi) is 7.08. The Morgan fingerprint density at radius 1 is 0.839 bits per heavy atom. The van der Waals surface area contributed by atoms with E-state index in [4.69, 9.17) is 0 Å². The first kappa shape index (κ1) is 22.1. The first-order chi connectivity index (χ1) is 14.9. The van der Waals surface area contributed by atoms with E-state index in [9.17, 15) is 9.59 Å². The number of aryl methyl sites for hydroxylation is 2. The van der Waals surface area contributed by atoms with Crippen LogP contribution in [0.3, 0.4) is 0 Å². The molecule has 31 heavy (non-hydrogen) atoms. The van der Waals surface area contributed by atoms with Gasteiger partial charge < -0.3 is 15.5 Å². The summed E-state index contributed by atoms with van der Waals surface area (Å²) in [5, 5.41) is 5.88. The standard InChI is InChI=1S/C26H29N3O2/c1-5-7-19-11-13-20(14-12-19)25(30)28-24-17-22(15-10-18(24)2)27-26(31)21-8-6-9-23(16-21)29(3)4/h6,8-17H,5,7H2,1-4H3,(H,27,31)(H,28,30). The first-order valence-electron chi connectivity index (χ1n) is 10.5. The molecule has 0 fully saturated rings. The molecule has 3 rings (SSSR count). The zero-order chi connectivity index (χ0) is 22.4. The van der Waals surface area contributed by atoms with E-state index in [-0.39, 0.29) is 11.8 Å². The fourth-order valence-corrected chi connectivity index (χ4v) is 3.27. The first-order valence-corrected chi connectivity index (χ1v) is 10.5. The highest BCUT2D eigenvalue weighted by atomic mass is 16.2. The zero-order valence-corrected chi connectivity index (χ0v) is 18.5. The summed E-state index contributed by atoms with van der Waals surface area (Å²) in [4.78, 5) is 27.3. The Morgan fingerprint density at radius 3 is 2.23 bits per heavy atom. The van der Waals surface area contributed by atoms with Gasteiger partial charge in [0.1, 0.15) is 0 Å². The van der Waals surface area contributed by atoms with E-state index in [1.54, 1.807) is 12.1 Å². The zero-order valence-electron chi connectivity index (χ0n) is 18.5. The number of carbonyl (C=O) groups is 2. The molecule has 5 heteroatoms. The Balaban J connectivity index is 1.73. The third-order valence-electron chi connectivity index (χ3n) is 5.12. The summed E-state index contributed by atoms with van der Waals surface area (Å²) >= 11 is 0. The third kappa shape index (κ3) is 5.72. The fourth-order valence-electron chi connectivity index (χ4n) is 3.27. The van der Waals surface area contributed by atoms with Gasteiger partial charge in [0, 0.05) is 42.3 Å². The Morgan fingerprint density at radius 2 is 1.55 bits per heavy atom. The summed E-state index contributed by atoms with van der Waals surface area (Å²) in [7, 11) is 3.87. The minimum atomic E-state index is -0.198. The normalized spacial score (nSPS) is 10.5. The van der Waals surface area contributed by atoms with Crippen molar-refractivity contribution < 1.29 is 9.59 Å². The van der Waals surface area contributed by atoms with Gasteiger partial charge in [0.05, 0.1) is 0 Å². The van der Waals surface area contributed by atoms with E-state index >= 15 is 0 Å². The van der Waals surface area contributed by atoms with Crippen LogP contribution in [-0.2, 0) is 6.42 Å². The molecule has 2 amide bonds. The van der Waals surface area contributed by atoms with Crippen LogP contribution in [0.5, 0.6) is 0 Å². The lowest BCUT2D eigenvalue weighted by Gasteiger charge is -2.14. The minimum absolute atomic E-state index is 0.173. The van der Waals surface area contributed by atoms with Gasteiger partial charge in [-0.25, -0.2) is 0 Å². The average Bonchev–Trinajstić information content (AvgIpc) is 2.76. The van der Waals surface area contributed by atoms with Gasteiger partial charge in [0.25, 0.3) is 11.8 Å². The van der Waals surface area contributed by atoms with Gasteiger partial charge >= 0.3 is 0 Å². The number of nitrogens with zero attached hydrogens (tertiary/aromatic N) is 1. The molecule has 0 unspecified atom stereocenters. The van der Waals surface area contributed by atoms with Gasteiger partial charge in [-0.1, -0.05) is 37.6 Å². The predicted molar refractivity (Wildman–Crippen MR) is 128 cm³/mol. The number of rotatable bonds is 7. The molecular formula is C26H29N3O2. The second kappa shape index (κ2) is 9.94. The molecule has 0 aliphatic rings. The van der Waals surface area contributed by atoms with Crippen molar-refractivity contribution in [1.82, 2.24) is 0 Å². The summed E-state index contributed by atoms with van der Waals surface area (Å²) in [6.07, 6.45) is 2.07. The summed E-state index contributed by atoms with van der Waals surface area (Å²) in [5.74, 6) is -0.371. The summed E-state index contributed by atoms with van der Waals surface area (Å²) in [5.41, 5.74) is 5.57.